The van der Waals surface area contributed by atoms with E-state index in [0.29, 0.717) is 35.5 Å². The lowest BCUT2D eigenvalue weighted by Gasteiger charge is -2.26. The summed E-state index contributed by atoms with van der Waals surface area (Å²) in [6.45, 7) is 8.53. The summed E-state index contributed by atoms with van der Waals surface area (Å²) < 4.78 is 5.77. The van der Waals surface area contributed by atoms with Crippen molar-refractivity contribution in [1.82, 2.24) is 10.2 Å². The average Bonchev–Trinajstić information content (AvgIpc) is 3.64. The van der Waals surface area contributed by atoms with E-state index < -0.39 is 11.9 Å². The van der Waals surface area contributed by atoms with Crippen LogP contribution in [-0.2, 0) is 20.8 Å². The van der Waals surface area contributed by atoms with Gasteiger partial charge < -0.3 is 10.1 Å². The molecule has 1 atom stereocenters. The molecule has 4 rings (SSSR count). The van der Waals surface area contributed by atoms with Crippen LogP contribution in [0.4, 0.5) is 0 Å². The zero-order valence-electron chi connectivity index (χ0n) is 22.1. The van der Waals surface area contributed by atoms with Gasteiger partial charge >= 0.3 is 0 Å². The van der Waals surface area contributed by atoms with Gasteiger partial charge in [-0.3, -0.25) is 19.3 Å². The van der Waals surface area contributed by atoms with Gasteiger partial charge in [0.15, 0.2) is 0 Å². The highest BCUT2D eigenvalue weighted by molar-refractivity contribution is 6.36. The highest BCUT2D eigenvalue weighted by Gasteiger charge is 2.45. The number of benzene rings is 2. The predicted molar refractivity (Wildman–Crippen MR) is 145 cm³/mol. The lowest BCUT2D eigenvalue weighted by atomic mass is 9.95. The topological polar surface area (TPSA) is 75.7 Å². The second kappa shape index (κ2) is 11.6. The molecule has 6 nitrogen and oxygen atoms in total. The molecule has 2 aromatic rings. The molecule has 1 aliphatic carbocycles. The number of nitrogens with one attached hydrogen (secondary N) is 1. The molecule has 1 N–H and O–H groups in total. The molecule has 6 heteroatoms. The van der Waals surface area contributed by atoms with Crippen LogP contribution in [0.1, 0.15) is 58.1 Å². The van der Waals surface area contributed by atoms with Gasteiger partial charge in [-0.25, -0.2) is 0 Å². The van der Waals surface area contributed by atoms with E-state index in [4.69, 9.17) is 4.74 Å². The molecule has 0 saturated heterocycles. The van der Waals surface area contributed by atoms with Gasteiger partial charge in [0.25, 0.3) is 11.8 Å². The second-order valence-electron chi connectivity index (χ2n) is 10.5. The molecule has 1 aliphatic heterocycles. The number of hydrogen-bond acceptors (Lipinski definition) is 4. The van der Waals surface area contributed by atoms with Gasteiger partial charge in [0, 0.05) is 18.0 Å². The smallest absolute Gasteiger partial charge is 0.262 e. The number of carbonyl (C=O) groups is 3. The van der Waals surface area contributed by atoms with Crippen LogP contribution in [0.25, 0.3) is 5.57 Å². The van der Waals surface area contributed by atoms with Crippen molar-refractivity contribution in [2.45, 2.75) is 65.5 Å². The molecule has 2 aromatic carbocycles. The number of allylic oxidation sites excluding steroid dienone is 1. The largest absolute Gasteiger partial charge is 0.490 e. The molecular formula is C31H36N2O4. The van der Waals surface area contributed by atoms with E-state index >= 15 is 0 Å². The Kier molecular flexibility index (Phi) is 8.27. The fraction of sp³-hybridized carbons (Fsp3) is 0.387. The van der Waals surface area contributed by atoms with Crippen LogP contribution in [0.3, 0.4) is 0 Å². The Bertz CT molecular complexity index is 1200. The van der Waals surface area contributed by atoms with Crippen LogP contribution < -0.4 is 10.1 Å². The Labute approximate surface area is 219 Å². The molecule has 0 spiro atoms. The summed E-state index contributed by atoms with van der Waals surface area (Å²) in [5, 5.41) is 3.01. The van der Waals surface area contributed by atoms with Gasteiger partial charge in [-0.05, 0) is 68.4 Å². The van der Waals surface area contributed by atoms with Crippen molar-refractivity contribution >= 4 is 23.3 Å². The monoisotopic (exact) mass is 500 g/mol. The van der Waals surface area contributed by atoms with Crippen molar-refractivity contribution in [3.8, 4) is 5.75 Å². The summed E-state index contributed by atoms with van der Waals surface area (Å²) in [5.41, 5.74) is 3.58. The second-order valence-corrected chi connectivity index (χ2v) is 10.5. The van der Waals surface area contributed by atoms with Crippen molar-refractivity contribution < 1.29 is 19.1 Å². The first-order valence-corrected chi connectivity index (χ1v) is 13.1. The van der Waals surface area contributed by atoms with Crippen molar-refractivity contribution in [1.29, 1.82) is 0 Å². The average molecular weight is 501 g/mol. The zero-order valence-corrected chi connectivity index (χ0v) is 22.1. The first kappa shape index (κ1) is 26.4. The third-order valence-corrected chi connectivity index (χ3v) is 6.52. The number of hydrogen-bond donors (Lipinski definition) is 1. The van der Waals surface area contributed by atoms with Gasteiger partial charge in [-0.2, -0.15) is 0 Å². The quantitative estimate of drug-likeness (QED) is 0.344. The van der Waals surface area contributed by atoms with E-state index in [2.05, 4.69) is 5.32 Å². The van der Waals surface area contributed by atoms with Gasteiger partial charge in [0.2, 0.25) is 5.91 Å². The Morgan fingerprint density at radius 3 is 2.27 bits per heavy atom. The number of imide groups is 1. The van der Waals surface area contributed by atoms with Gasteiger partial charge in [-0.15, -0.1) is 0 Å². The summed E-state index contributed by atoms with van der Waals surface area (Å²) >= 11 is 0. The van der Waals surface area contributed by atoms with E-state index in [9.17, 15) is 14.4 Å². The van der Waals surface area contributed by atoms with E-state index in [1.54, 1.807) is 0 Å². The number of ether oxygens (including phenoxy) is 1. The molecule has 0 bridgehead atoms. The van der Waals surface area contributed by atoms with E-state index in [-0.39, 0.29) is 30.2 Å². The van der Waals surface area contributed by atoms with E-state index in [1.807, 2.05) is 88.4 Å². The molecule has 0 aromatic heterocycles. The van der Waals surface area contributed by atoms with Crippen LogP contribution in [0, 0.1) is 5.92 Å². The summed E-state index contributed by atoms with van der Waals surface area (Å²) in [5.74, 6) is -0.204. The van der Waals surface area contributed by atoms with Crippen molar-refractivity contribution in [2.24, 2.45) is 5.92 Å². The predicted octanol–water partition coefficient (Wildman–Crippen LogP) is 5.09. The first-order chi connectivity index (χ1) is 17.7. The minimum absolute atomic E-state index is 0.125. The summed E-state index contributed by atoms with van der Waals surface area (Å²) in [4.78, 5) is 42.2. The van der Waals surface area contributed by atoms with E-state index in [1.165, 1.54) is 10.5 Å². The van der Waals surface area contributed by atoms with Crippen molar-refractivity contribution in [3.63, 3.8) is 0 Å². The first-order valence-electron chi connectivity index (χ1n) is 13.1. The number of rotatable bonds is 11. The Hall–Kier alpha value is -3.67. The Balaban J connectivity index is 1.65. The van der Waals surface area contributed by atoms with Crippen LogP contribution in [-0.4, -0.2) is 41.3 Å². The third kappa shape index (κ3) is 6.56. The molecule has 37 heavy (non-hydrogen) atoms. The van der Waals surface area contributed by atoms with Gasteiger partial charge in [0.05, 0.1) is 5.57 Å². The SMILES string of the molecule is CC(C)=CCOc1ccc(C2=C(CC(C)C)C(=O)N(C(Cc3ccccc3)C(=O)NC3CC3)C2=O)cc1. The standard InChI is InChI=1S/C31H36N2O4/c1-20(2)16-17-37-25-14-10-23(11-15-25)28-26(18-21(3)4)30(35)33(31(28)36)27(29(34)32-24-12-13-24)19-22-8-6-5-7-9-22/h5-11,14-16,21,24,27H,12-13,17-19H2,1-4H3,(H,32,34). The molecule has 0 radical (unpaired) electrons. The maximum Gasteiger partial charge on any atom is 0.262 e. The maximum atomic E-state index is 13.9. The normalized spacial score (nSPS) is 16.3. The Morgan fingerprint density at radius 2 is 1.68 bits per heavy atom. The number of nitrogens with zero attached hydrogens (tertiary/aromatic N) is 1. The van der Waals surface area contributed by atoms with Gasteiger partial charge in [-0.1, -0.05) is 61.9 Å². The molecule has 3 amide bonds. The Morgan fingerprint density at radius 1 is 1.00 bits per heavy atom. The highest BCUT2D eigenvalue weighted by Crippen LogP contribution is 2.35. The van der Waals surface area contributed by atoms with Crippen LogP contribution >= 0.6 is 0 Å². The molecular weight excluding hydrogens is 464 g/mol. The minimum Gasteiger partial charge on any atom is -0.490 e. The fourth-order valence-electron chi connectivity index (χ4n) is 4.46. The molecule has 1 saturated carbocycles. The van der Waals surface area contributed by atoms with Crippen LogP contribution in [0.2, 0.25) is 0 Å². The lowest BCUT2D eigenvalue weighted by molar-refractivity contribution is -0.145. The molecule has 194 valence electrons. The van der Waals surface area contributed by atoms with E-state index in [0.717, 1.165) is 18.4 Å². The van der Waals surface area contributed by atoms with Crippen molar-refractivity contribution in [3.05, 3.63) is 82.9 Å². The molecule has 1 unspecified atom stereocenters. The number of amides is 3. The lowest BCUT2D eigenvalue weighted by Crippen LogP contribution is -2.51. The fourth-order valence-corrected chi connectivity index (χ4v) is 4.46. The molecule has 1 heterocycles. The zero-order chi connectivity index (χ0) is 26.5. The summed E-state index contributed by atoms with van der Waals surface area (Å²) in [6.07, 6.45) is 4.58. The van der Waals surface area contributed by atoms with Crippen molar-refractivity contribution in [2.75, 3.05) is 6.61 Å². The summed E-state index contributed by atoms with van der Waals surface area (Å²) in [6, 6.07) is 16.0. The van der Waals surface area contributed by atoms with Crippen LogP contribution in [0.15, 0.2) is 71.8 Å². The molecule has 2 aliphatic rings. The third-order valence-electron chi connectivity index (χ3n) is 6.52. The minimum atomic E-state index is -0.908. The van der Waals surface area contributed by atoms with Gasteiger partial charge in [0.1, 0.15) is 18.4 Å². The number of carbonyl (C=O) groups excluding carboxylic acids is 3. The summed E-state index contributed by atoms with van der Waals surface area (Å²) in [7, 11) is 0. The molecule has 1 fully saturated rings. The highest BCUT2D eigenvalue weighted by atomic mass is 16.5. The maximum absolute atomic E-state index is 13.9. The van der Waals surface area contributed by atoms with Crippen LogP contribution in [0.5, 0.6) is 5.75 Å².